The number of carbonyl (C=O) groups excluding carboxylic acids is 1. The largest absolute Gasteiger partial charge is 0.444 e. The van der Waals surface area contributed by atoms with E-state index in [9.17, 15) is 4.79 Å². The van der Waals surface area contributed by atoms with E-state index in [1.54, 1.807) is 0 Å². The molecule has 1 aliphatic carbocycles. The van der Waals surface area contributed by atoms with Crippen LogP contribution in [0.3, 0.4) is 0 Å². The molecule has 0 unspecified atom stereocenters. The highest BCUT2D eigenvalue weighted by Crippen LogP contribution is 2.41. The van der Waals surface area contributed by atoms with Crippen LogP contribution in [-0.4, -0.2) is 59.8 Å². The number of carbonyl (C=O) groups is 1. The van der Waals surface area contributed by atoms with E-state index in [0.717, 1.165) is 19.5 Å². The van der Waals surface area contributed by atoms with E-state index in [4.69, 9.17) is 14.2 Å². The molecule has 1 saturated carbocycles. The predicted octanol–water partition coefficient (Wildman–Crippen LogP) is 2.90. The van der Waals surface area contributed by atoms with Gasteiger partial charge in [-0.25, -0.2) is 4.79 Å². The Hall–Kier alpha value is -0.850. The smallest absolute Gasteiger partial charge is 0.410 e. The van der Waals surface area contributed by atoms with Crippen LogP contribution in [0.5, 0.6) is 0 Å². The normalized spacial score (nSPS) is 33.5. The van der Waals surface area contributed by atoms with E-state index in [1.165, 1.54) is 5.92 Å². The number of hydrogen-bond donors (Lipinski definition) is 1. The molecular formula is C21H33N2O4. The third-order valence-electron chi connectivity index (χ3n) is 5.10. The zero-order valence-corrected chi connectivity index (χ0v) is 17.3. The molecule has 0 bridgehead atoms. The number of amides is 1. The Balaban J connectivity index is 1.64. The fourth-order valence-corrected chi connectivity index (χ4v) is 4.04. The minimum absolute atomic E-state index is 0.0752. The third-order valence-corrected chi connectivity index (χ3v) is 5.10. The molecule has 6 heteroatoms. The van der Waals surface area contributed by atoms with E-state index in [1.807, 2.05) is 59.3 Å². The van der Waals surface area contributed by atoms with Gasteiger partial charge >= 0.3 is 6.09 Å². The molecule has 1 N–H and O–H groups in total. The van der Waals surface area contributed by atoms with E-state index < -0.39 is 11.4 Å². The number of fused-ring (bicyclic) bond motifs is 1. The molecule has 2 heterocycles. The fourth-order valence-electron chi connectivity index (χ4n) is 4.04. The van der Waals surface area contributed by atoms with E-state index >= 15 is 0 Å². The summed E-state index contributed by atoms with van der Waals surface area (Å²) < 4.78 is 17.9. The van der Waals surface area contributed by atoms with Crippen LogP contribution in [-0.2, 0) is 14.2 Å². The lowest BCUT2D eigenvalue weighted by Crippen LogP contribution is -2.48. The van der Waals surface area contributed by atoms with Crippen LogP contribution in [0.25, 0.3) is 0 Å². The van der Waals surface area contributed by atoms with Gasteiger partial charge in [-0.05, 0) is 86.1 Å². The molecule has 3 fully saturated rings. The standard InChI is InChI=1S/C21H33N2O4/c1-14-17-18(26-21(5,6)25-17)16(23(14)19(24)27-20(2,3)4)11-12-22-13-15-9-7-8-10-15/h7-10,14,16-18,22H,11-13H2,1-6H3/t14-,16-,17+,18-/m0/s1. The lowest BCUT2D eigenvalue weighted by molar-refractivity contribution is -0.166. The molecule has 6 nitrogen and oxygen atoms in total. The summed E-state index contributed by atoms with van der Waals surface area (Å²) in [6.07, 6.45) is 8.50. The zero-order valence-electron chi connectivity index (χ0n) is 17.3. The Labute approximate surface area is 164 Å². The Morgan fingerprint density at radius 2 is 1.85 bits per heavy atom. The first-order valence-electron chi connectivity index (χ1n) is 9.86. The zero-order chi connectivity index (χ0) is 19.8. The Morgan fingerprint density at radius 3 is 2.48 bits per heavy atom. The third kappa shape index (κ3) is 4.96. The van der Waals surface area contributed by atoms with Gasteiger partial charge < -0.3 is 19.5 Å². The number of ether oxygens (including phenoxy) is 3. The summed E-state index contributed by atoms with van der Waals surface area (Å²) in [4.78, 5) is 14.7. The van der Waals surface area contributed by atoms with Gasteiger partial charge in [0.05, 0.1) is 12.1 Å². The van der Waals surface area contributed by atoms with Crippen LogP contribution in [0.15, 0.2) is 0 Å². The number of nitrogens with one attached hydrogen (secondary N) is 1. The van der Waals surface area contributed by atoms with Gasteiger partial charge in [0.2, 0.25) is 0 Å². The molecule has 151 valence electrons. The molecule has 0 aromatic carbocycles. The van der Waals surface area contributed by atoms with Crippen LogP contribution >= 0.6 is 0 Å². The van der Waals surface area contributed by atoms with Crippen molar-refractivity contribution in [1.82, 2.24) is 10.2 Å². The average Bonchev–Trinajstić information content (AvgIpc) is 3.19. The molecule has 3 rings (SSSR count). The van der Waals surface area contributed by atoms with Crippen molar-refractivity contribution in [2.24, 2.45) is 0 Å². The minimum Gasteiger partial charge on any atom is -0.444 e. The Morgan fingerprint density at radius 1 is 1.22 bits per heavy atom. The summed E-state index contributed by atoms with van der Waals surface area (Å²) in [6, 6.07) is -0.166. The first kappa shape index (κ1) is 20.9. The highest BCUT2D eigenvalue weighted by atomic mass is 16.8. The Kier molecular flexibility index (Phi) is 6.09. The van der Waals surface area contributed by atoms with E-state index in [-0.39, 0.29) is 30.4 Å². The maximum absolute atomic E-state index is 12.9. The topological polar surface area (TPSA) is 60.0 Å². The van der Waals surface area contributed by atoms with E-state index in [2.05, 4.69) is 18.2 Å². The van der Waals surface area contributed by atoms with Crippen LogP contribution in [0, 0.1) is 31.6 Å². The first-order chi connectivity index (χ1) is 12.6. The van der Waals surface area contributed by atoms with Crippen LogP contribution in [0.4, 0.5) is 4.79 Å². The first-order valence-corrected chi connectivity index (χ1v) is 9.86. The summed E-state index contributed by atoms with van der Waals surface area (Å²) in [5, 5.41) is 3.46. The molecular weight excluding hydrogens is 344 g/mol. The maximum atomic E-state index is 12.9. The number of nitrogens with zero attached hydrogens (tertiary/aromatic N) is 1. The van der Waals surface area contributed by atoms with Gasteiger partial charge in [0.15, 0.2) is 5.79 Å². The summed E-state index contributed by atoms with van der Waals surface area (Å²) >= 11 is 0. The molecule has 4 atom stereocenters. The maximum Gasteiger partial charge on any atom is 0.410 e. The molecule has 27 heavy (non-hydrogen) atoms. The van der Waals surface area contributed by atoms with Crippen molar-refractivity contribution in [3.05, 3.63) is 31.6 Å². The second kappa shape index (κ2) is 7.88. The molecule has 3 aliphatic rings. The second-order valence-electron chi connectivity index (χ2n) is 9.02. The molecule has 0 spiro atoms. The van der Waals surface area contributed by atoms with Gasteiger partial charge in [0, 0.05) is 6.54 Å². The summed E-state index contributed by atoms with van der Waals surface area (Å²) in [7, 11) is 0. The predicted molar refractivity (Wildman–Crippen MR) is 103 cm³/mol. The van der Waals surface area contributed by atoms with Gasteiger partial charge in [-0.2, -0.15) is 0 Å². The molecule has 2 saturated heterocycles. The molecule has 1 amide bonds. The van der Waals surface area contributed by atoms with Crippen molar-refractivity contribution in [2.45, 2.75) is 83.6 Å². The lowest BCUT2D eigenvalue weighted by Gasteiger charge is -2.34. The molecule has 0 aromatic rings. The summed E-state index contributed by atoms with van der Waals surface area (Å²) in [5.74, 6) is 0.642. The van der Waals surface area contributed by atoms with Crippen molar-refractivity contribution in [2.75, 3.05) is 13.1 Å². The minimum atomic E-state index is -0.620. The average molecular weight is 378 g/mol. The van der Waals surface area contributed by atoms with E-state index in [0.29, 0.717) is 0 Å². The van der Waals surface area contributed by atoms with Crippen molar-refractivity contribution < 1.29 is 19.0 Å². The van der Waals surface area contributed by atoms with Crippen molar-refractivity contribution in [1.29, 1.82) is 0 Å². The summed E-state index contributed by atoms with van der Waals surface area (Å²) in [5.41, 5.74) is -0.532. The monoisotopic (exact) mass is 377 g/mol. The van der Waals surface area contributed by atoms with Crippen molar-refractivity contribution in [3.8, 4) is 0 Å². The van der Waals surface area contributed by atoms with Crippen LogP contribution in [0.2, 0.25) is 0 Å². The molecule has 0 aromatic heterocycles. The number of likely N-dealkylation sites (tertiary alicyclic amines) is 1. The van der Waals surface area contributed by atoms with Gasteiger partial charge in [-0.1, -0.05) is 0 Å². The lowest BCUT2D eigenvalue weighted by atomic mass is 10.1. The fraction of sp³-hybridized carbons (Fsp3) is 0.714. The Bertz CT molecular complexity index is 525. The number of rotatable bonds is 5. The highest BCUT2D eigenvalue weighted by Gasteiger charge is 2.58. The van der Waals surface area contributed by atoms with Gasteiger partial charge in [0.25, 0.3) is 0 Å². The van der Waals surface area contributed by atoms with Gasteiger partial charge in [-0.15, -0.1) is 0 Å². The van der Waals surface area contributed by atoms with Gasteiger partial charge in [0.1, 0.15) is 17.8 Å². The number of hydrogen-bond acceptors (Lipinski definition) is 5. The van der Waals surface area contributed by atoms with Crippen LogP contribution in [0.1, 0.15) is 48.0 Å². The van der Waals surface area contributed by atoms with Crippen LogP contribution < -0.4 is 5.32 Å². The SMILES string of the molecule is C[C@H]1[C@H]2OC(C)(C)O[C@H]2[C@H](CCNC[C]2[CH][CH][CH][CH]2)N1C(=O)OC(C)(C)C. The molecule has 2 aliphatic heterocycles. The quantitative estimate of drug-likeness (QED) is 0.747. The second-order valence-corrected chi connectivity index (χ2v) is 9.02. The summed E-state index contributed by atoms with van der Waals surface area (Å²) in [6.45, 7) is 13.1. The highest BCUT2D eigenvalue weighted by molar-refractivity contribution is 5.70. The molecule has 5 radical (unpaired) electrons. The van der Waals surface area contributed by atoms with Crippen molar-refractivity contribution in [3.63, 3.8) is 0 Å². The van der Waals surface area contributed by atoms with Gasteiger partial charge in [-0.3, -0.25) is 4.90 Å². The van der Waals surface area contributed by atoms with Crippen molar-refractivity contribution >= 4 is 6.09 Å².